The Bertz CT molecular complexity index is 512. The number of ether oxygens (including phenoxy) is 1. The first kappa shape index (κ1) is 22.3. The van der Waals surface area contributed by atoms with Crippen molar-refractivity contribution in [3.05, 3.63) is 23.9 Å². The lowest BCUT2D eigenvalue weighted by Gasteiger charge is -2.17. The predicted octanol–water partition coefficient (Wildman–Crippen LogP) is 3.83. The molecule has 1 fully saturated rings. The minimum absolute atomic E-state index is 0. The highest BCUT2D eigenvalue weighted by Gasteiger charge is 2.24. The van der Waals surface area contributed by atoms with Crippen LogP contribution in [0.5, 0.6) is 5.88 Å². The zero-order valence-electron chi connectivity index (χ0n) is 15.5. The van der Waals surface area contributed by atoms with Gasteiger partial charge in [-0.1, -0.05) is 13.0 Å². The van der Waals surface area contributed by atoms with E-state index in [1.54, 1.807) is 0 Å². The molecule has 0 amide bonds. The lowest BCUT2D eigenvalue weighted by molar-refractivity contribution is 0.305. The number of hydrogen-bond donors (Lipinski definition) is 2. The Morgan fingerprint density at radius 1 is 1.36 bits per heavy atom. The summed E-state index contributed by atoms with van der Waals surface area (Å²) in [5.41, 5.74) is 1.09. The van der Waals surface area contributed by atoms with Crippen molar-refractivity contribution in [3.8, 4) is 5.88 Å². The Morgan fingerprint density at radius 2 is 2.20 bits per heavy atom. The largest absolute Gasteiger partial charge is 0.478 e. The second-order valence-corrected chi connectivity index (χ2v) is 7.20. The third-order valence-electron chi connectivity index (χ3n) is 4.07. The van der Waals surface area contributed by atoms with Gasteiger partial charge in [0.05, 0.1) is 13.2 Å². The smallest absolute Gasteiger partial charge is 0.213 e. The highest BCUT2D eigenvalue weighted by atomic mass is 127. The summed E-state index contributed by atoms with van der Waals surface area (Å²) in [4.78, 5) is 9.03. The third-order valence-corrected chi connectivity index (χ3v) is 5.17. The average Bonchev–Trinajstić information content (AvgIpc) is 3.06. The van der Waals surface area contributed by atoms with E-state index >= 15 is 0 Å². The van der Waals surface area contributed by atoms with Gasteiger partial charge in [0.15, 0.2) is 5.96 Å². The van der Waals surface area contributed by atoms with E-state index in [0.717, 1.165) is 29.7 Å². The Balaban J connectivity index is 0.00000312. The number of pyridine rings is 1. The summed E-state index contributed by atoms with van der Waals surface area (Å²) in [6.07, 6.45) is 8.77. The van der Waals surface area contributed by atoms with Gasteiger partial charge in [0.25, 0.3) is 0 Å². The van der Waals surface area contributed by atoms with Crippen molar-refractivity contribution in [2.75, 3.05) is 19.4 Å². The fourth-order valence-corrected chi connectivity index (χ4v) is 3.56. The number of halogens is 1. The van der Waals surface area contributed by atoms with Crippen LogP contribution < -0.4 is 15.4 Å². The monoisotopic (exact) mass is 478 g/mol. The quantitative estimate of drug-likeness (QED) is 0.338. The molecule has 2 unspecified atom stereocenters. The molecular weight excluding hydrogens is 447 g/mol. The van der Waals surface area contributed by atoms with Gasteiger partial charge >= 0.3 is 0 Å². The molecule has 0 spiro atoms. The summed E-state index contributed by atoms with van der Waals surface area (Å²) in [6, 6.07) is 4.48. The van der Waals surface area contributed by atoms with Gasteiger partial charge in [-0.05, 0) is 44.4 Å². The molecule has 7 heteroatoms. The first-order chi connectivity index (χ1) is 11.7. The second-order valence-electron chi connectivity index (χ2n) is 6.06. The molecule has 5 nitrogen and oxygen atoms in total. The van der Waals surface area contributed by atoms with Crippen molar-refractivity contribution in [2.24, 2.45) is 4.99 Å². The second kappa shape index (κ2) is 12.6. The van der Waals surface area contributed by atoms with Crippen molar-refractivity contribution in [1.29, 1.82) is 0 Å². The number of nitrogens with one attached hydrogen (secondary N) is 2. The van der Waals surface area contributed by atoms with Gasteiger partial charge in [-0.25, -0.2) is 9.98 Å². The maximum Gasteiger partial charge on any atom is 0.213 e. The van der Waals surface area contributed by atoms with Crippen LogP contribution in [0.2, 0.25) is 0 Å². The molecule has 0 bridgehead atoms. The summed E-state index contributed by atoms with van der Waals surface area (Å²) in [7, 11) is 0. The standard InChI is InChI=1S/C18H30N4OS.HI/c1-4-10-23-17-9-6-14(12-20-17)13-21-18(19-5-2)22-15-7-8-16(11-15)24-3;/h6,9,12,15-16H,4-5,7-8,10-11,13H2,1-3H3,(H2,19,21,22);1H. The molecule has 0 radical (unpaired) electrons. The number of hydrogen-bond acceptors (Lipinski definition) is 4. The molecule has 1 aliphatic rings. The summed E-state index contributed by atoms with van der Waals surface area (Å²) in [6.45, 7) is 6.38. The SMILES string of the molecule is CCCOc1ccc(CN=C(NCC)NC2CCC(SC)C2)cn1.I. The summed E-state index contributed by atoms with van der Waals surface area (Å²) < 4.78 is 5.51. The van der Waals surface area contributed by atoms with E-state index < -0.39 is 0 Å². The number of aromatic nitrogens is 1. The molecule has 1 heterocycles. The number of guanidine groups is 1. The van der Waals surface area contributed by atoms with Crippen LogP contribution in [0.1, 0.15) is 45.1 Å². The molecule has 2 atom stereocenters. The molecule has 1 aliphatic carbocycles. The molecule has 2 rings (SSSR count). The molecule has 1 saturated carbocycles. The summed E-state index contributed by atoms with van der Waals surface area (Å²) >= 11 is 1.97. The zero-order chi connectivity index (χ0) is 17.2. The summed E-state index contributed by atoms with van der Waals surface area (Å²) in [5.74, 6) is 1.58. The Kier molecular flexibility index (Phi) is 11.3. The number of aliphatic imine (C=N–C) groups is 1. The van der Waals surface area contributed by atoms with Crippen molar-refractivity contribution in [3.63, 3.8) is 0 Å². The fraction of sp³-hybridized carbons (Fsp3) is 0.667. The molecular formula is C18H31IN4OS. The Hall–Kier alpha value is -0.700. The number of thioether (sulfide) groups is 1. The van der Waals surface area contributed by atoms with E-state index in [1.807, 2.05) is 30.1 Å². The lowest BCUT2D eigenvalue weighted by atomic mass is 10.2. The van der Waals surface area contributed by atoms with Gasteiger partial charge in [-0.2, -0.15) is 11.8 Å². The van der Waals surface area contributed by atoms with Gasteiger partial charge in [-0.3, -0.25) is 0 Å². The zero-order valence-corrected chi connectivity index (χ0v) is 18.6. The maximum atomic E-state index is 5.51. The minimum atomic E-state index is 0. The van der Waals surface area contributed by atoms with E-state index in [1.165, 1.54) is 19.3 Å². The van der Waals surface area contributed by atoms with Gasteiger partial charge in [0.2, 0.25) is 5.88 Å². The number of nitrogens with zero attached hydrogens (tertiary/aromatic N) is 2. The molecule has 0 aliphatic heterocycles. The first-order valence-corrected chi connectivity index (χ1v) is 10.2. The van der Waals surface area contributed by atoms with Crippen LogP contribution in [0.4, 0.5) is 0 Å². The molecule has 2 N–H and O–H groups in total. The minimum Gasteiger partial charge on any atom is -0.478 e. The predicted molar refractivity (Wildman–Crippen MR) is 118 cm³/mol. The van der Waals surface area contributed by atoms with Crippen LogP contribution in [0.15, 0.2) is 23.3 Å². The van der Waals surface area contributed by atoms with Crippen LogP contribution in [0, 0.1) is 0 Å². The highest BCUT2D eigenvalue weighted by molar-refractivity contribution is 14.0. The normalized spacial score (nSPS) is 20.0. The molecule has 1 aromatic rings. The van der Waals surface area contributed by atoms with Crippen LogP contribution in [-0.4, -0.2) is 41.6 Å². The van der Waals surface area contributed by atoms with Crippen molar-refractivity contribution in [2.45, 2.75) is 57.4 Å². The molecule has 0 aromatic carbocycles. The van der Waals surface area contributed by atoms with Gasteiger partial charge in [-0.15, -0.1) is 24.0 Å². The van der Waals surface area contributed by atoms with E-state index in [0.29, 0.717) is 25.1 Å². The van der Waals surface area contributed by atoms with Crippen molar-refractivity contribution in [1.82, 2.24) is 15.6 Å². The van der Waals surface area contributed by atoms with Crippen LogP contribution >= 0.6 is 35.7 Å². The van der Waals surface area contributed by atoms with Crippen LogP contribution in [0.25, 0.3) is 0 Å². The van der Waals surface area contributed by atoms with E-state index in [9.17, 15) is 0 Å². The molecule has 0 saturated heterocycles. The van der Waals surface area contributed by atoms with Crippen molar-refractivity contribution >= 4 is 41.7 Å². The van der Waals surface area contributed by atoms with Crippen molar-refractivity contribution < 1.29 is 4.74 Å². The average molecular weight is 478 g/mol. The molecule has 25 heavy (non-hydrogen) atoms. The topological polar surface area (TPSA) is 58.5 Å². The van der Waals surface area contributed by atoms with Gasteiger partial charge < -0.3 is 15.4 Å². The van der Waals surface area contributed by atoms with E-state index in [2.05, 4.69) is 35.7 Å². The van der Waals surface area contributed by atoms with E-state index in [-0.39, 0.29) is 24.0 Å². The fourth-order valence-electron chi connectivity index (χ4n) is 2.77. The Labute approximate surface area is 173 Å². The highest BCUT2D eigenvalue weighted by Crippen LogP contribution is 2.28. The Morgan fingerprint density at radius 3 is 2.80 bits per heavy atom. The first-order valence-electron chi connectivity index (χ1n) is 8.90. The molecule has 142 valence electrons. The lowest BCUT2D eigenvalue weighted by Crippen LogP contribution is -2.42. The maximum absolute atomic E-state index is 5.51. The van der Waals surface area contributed by atoms with Gasteiger partial charge in [0.1, 0.15) is 0 Å². The third kappa shape index (κ3) is 8.02. The molecule has 1 aromatic heterocycles. The van der Waals surface area contributed by atoms with Gasteiger partial charge in [0, 0.05) is 30.1 Å². The van der Waals surface area contributed by atoms with E-state index in [4.69, 9.17) is 9.73 Å². The number of rotatable bonds is 8. The van der Waals surface area contributed by atoms with Crippen LogP contribution in [-0.2, 0) is 6.54 Å². The van der Waals surface area contributed by atoms with Crippen LogP contribution in [0.3, 0.4) is 0 Å². The summed E-state index contributed by atoms with van der Waals surface area (Å²) in [5, 5.41) is 7.69.